The van der Waals surface area contributed by atoms with Crippen LogP contribution in [0.15, 0.2) is 59.0 Å². The molecule has 144 valence electrons. The van der Waals surface area contributed by atoms with Crippen molar-refractivity contribution in [2.24, 2.45) is 0 Å². The summed E-state index contributed by atoms with van der Waals surface area (Å²) in [6.45, 7) is 1.91. The summed E-state index contributed by atoms with van der Waals surface area (Å²) < 4.78 is 23.9. The van der Waals surface area contributed by atoms with Crippen LogP contribution in [-0.4, -0.2) is 18.9 Å². The fourth-order valence-corrected chi connectivity index (χ4v) is 2.54. The molecule has 2 aromatic carbocycles. The third-order valence-electron chi connectivity index (χ3n) is 4.04. The molecule has 2 N–H and O–H groups in total. The van der Waals surface area contributed by atoms with Crippen LogP contribution < -0.4 is 15.4 Å². The van der Waals surface area contributed by atoms with E-state index in [2.05, 4.69) is 10.6 Å². The Kier molecular flexibility index (Phi) is 5.74. The number of anilines is 1. The zero-order chi connectivity index (χ0) is 20.1. The molecule has 6 nitrogen and oxygen atoms in total. The highest BCUT2D eigenvalue weighted by molar-refractivity contribution is 6.03. The topological polar surface area (TPSA) is 80.6 Å². The quantitative estimate of drug-likeness (QED) is 0.677. The first-order chi connectivity index (χ1) is 13.5. The normalized spacial score (nSPS) is 10.4. The number of halogens is 1. The molecule has 0 radical (unpaired) electrons. The number of rotatable bonds is 6. The van der Waals surface area contributed by atoms with Crippen molar-refractivity contribution in [1.29, 1.82) is 0 Å². The van der Waals surface area contributed by atoms with E-state index in [1.165, 1.54) is 24.3 Å². The maximum atomic E-state index is 12.9. The van der Waals surface area contributed by atoms with Crippen LogP contribution in [0.3, 0.4) is 0 Å². The Morgan fingerprint density at radius 1 is 1.04 bits per heavy atom. The predicted octanol–water partition coefficient (Wildman–Crippen LogP) is 3.92. The molecule has 28 heavy (non-hydrogen) atoms. The lowest BCUT2D eigenvalue weighted by Crippen LogP contribution is -2.18. The second-order valence-electron chi connectivity index (χ2n) is 6.07. The van der Waals surface area contributed by atoms with Gasteiger partial charge in [-0.05, 0) is 67.1 Å². The summed E-state index contributed by atoms with van der Waals surface area (Å²) in [5, 5.41) is 5.31. The van der Waals surface area contributed by atoms with Crippen LogP contribution in [0.25, 0.3) is 0 Å². The minimum Gasteiger partial charge on any atom is -0.486 e. The Bertz CT molecular complexity index is 996. The average molecular weight is 382 g/mol. The Hall–Kier alpha value is -3.61. The van der Waals surface area contributed by atoms with Crippen LogP contribution in [0.1, 0.15) is 32.2 Å². The number of aryl methyl sites for hydroxylation is 1. The molecular weight excluding hydrogens is 363 g/mol. The van der Waals surface area contributed by atoms with Gasteiger partial charge < -0.3 is 19.8 Å². The molecule has 0 saturated heterocycles. The molecule has 0 unspecified atom stereocenters. The molecule has 0 atom stereocenters. The summed E-state index contributed by atoms with van der Waals surface area (Å²) in [5.41, 5.74) is 1.84. The number of amides is 2. The Balaban J connectivity index is 1.62. The van der Waals surface area contributed by atoms with Gasteiger partial charge in [-0.1, -0.05) is 0 Å². The third kappa shape index (κ3) is 4.56. The molecule has 7 heteroatoms. The van der Waals surface area contributed by atoms with Crippen molar-refractivity contribution in [1.82, 2.24) is 5.32 Å². The number of benzene rings is 2. The second-order valence-corrected chi connectivity index (χ2v) is 6.07. The van der Waals surface area contributed by atoms with E-state index in [4.69, 9.17) is 9.15 Å². The number of hydrogen-bond acceptors (Lipinski definition) is 4. The van der Waals surface area contributed by atoms with E-state index in [0.29, 0.717) is 22.8 Å². The van der Waals surface area contributed by atoms with Crippen LogP contribution >= 0.6 is 0 Å². The Labute approximate surface area is 161 Å². The van der Waals surface area contributed by atoms with Crippen LogP contribution in [0.4, 0.5) is 10.1 Å². The molecule has 0 saturated carbocycles. The molecule has 0 bridgehead atoms. The molecule has 0 fully saturated rings. The Morgan fingerprint density at radius 3 is 2.46 bits per heavy atom. The molecule has 0 aliphatic rings. The van der Waals surface area contributed by atoms with E-state index >= 15 is 0 Å². The summed E-state index contributed by atoms with van der Waals surface area (Å²) >= 11 is 0. The van der Waals surface area contributed by atoms with Gasteiger partial charge in [-0.25, -0.2) is 4.39 Å². The van der Waals surface area contributed by atoms with E-state index < -0.39 is 5.91 Å². The predicted molar refractivity (Wildman–Crippen MR) is 102 cm³/mol. The van der Waals surface area contributed by atoms with E-state index in [1.54, 1.807) is 44.3 Å². The summed E-state index contributed by atoms with van der Waals surface area (Å²) in [7, 11) is 1.56. The summed E-state index contributed by atoms with van der Waals surface area (Å²) in [4.78, 5) is 24.1. The lowest BCUT2D eigenvalue weighted by molar-refractivity contribution is 0.0961. The number of carbonyl (C=O) groups excluding carboxylic acids is 2. The van der Waals surface area contributed by atoms with Crippen molar-refractivity contribution in [2.75, 3.05) is 12.4 Å². The van der Waals surface area contributed by atoms with Gasteiger partial charge >= 0.3 is 0 Å². The lowest BCUT2D eigenvalue weighted by Gasteiger charge is -2.09. The van der Waals surface area contributed by atoms with E-state index in [-0.39, 0.29) is 24.1 Å². The van der Waals surface area contributed by atoms with Gasteiger partial charge in [-0.2, -0.15) is 0 Å². The van der Waals surface area contributed by atoms with Crippen molar-refractivity contribution in [3.05, 3.63) is 83.1 Å². The number of ether oxygens (including phenoxy) is 1. The average Bonchev–Trinajstić information content (AvgIpc) is 3.17. The SMILES string of the molecule is CNC(=O)c1ccc(NC(=O)c2ccc(COc3ccc(F)cc3)o2)c(C)c1. The standard InChI is InChI=1S/C21H19FN2O4/c1-13-11-14(20(25)23-2)3-9-18(13)24-21(26)19-10-8-17(28-19)12-27-16-6-4-15(22)5-7-16/h3-11H,12H2,1-2H3,(H,23,25)(H,24,26). The number of nitrogens with one attached hydrogen (secondary N) is 2. The number of furan rings is 1. The molecule has 3 aromatic rings. The Morgan fingerprint density at radius 2 is 1.79 bits per heavy atom. The fraction of sp³-hybridized carbons (Fsp3) is 0.143. The number of carbonyl (C=O) groups is 2. The van der Waals surface area contributed by atoms with Crippen molar-refractivity contribution in [2.45, 2.75) is 13.5 Å². The van der Waals surface area contributed by atoms with Gasteiger partial charge in [0.05, 0.1) is 0 Å². The first kappa shape index (κ1) is 19.2. The third-order valence-corrected chi connectivity index (χ3v) is 4.04. The zero-order valence-electron chi connectivity index (χ0n) is 15.4. The first-order valence-electron chi connectivity index (χ1n) is 8.57. The van der Waals surface area contributed by atoms with Gasteiger partial charge in [-0.15, -0.1) is 0 Å². The van der Waals surface area contributed by atoms with Crippen LogP contribution in [0, 0.1) is 12.7 Å². The zero-order valence-corrected chi connectivity index (χ0v) is 15.4. The molecular formula is C21H19FN2O4. The molecule has 0 spiro atoms. The van der Waals surface area contributed by atoms with Gasteiger partial charge in [0.2, 0.25) is 0 Å². The highest BCUT2D eigenvalue weighted by atomic mass is 19.1. The molecule has 3 rings (SSSR count). The van der Waals surface area contributed by atoms with E-state index in [1.807, 2.05) is 0 Å². The monoisotopic (exact) mass is 382 g/mol. The van der Waals surface area contributed by atoms with Gasteiger partial charge in [0, 0.05) is 18.3 Å². The molecule has 0 aliphatic carbocycles. The maximum Gasteiger partial charge on any atom is 0.291 e. The number of hydrogen-bond donors (Lipinski definition) is 2. The van der Waals surface area contributed by atoms with Crippen molar-refractivity contribution >= 4 is 17.5 Å². The molecule has 2 amide bonds. The first-order valence-corrected chi connectivity index (χ1v) is 8.57. The van der Waals surface area contributed by atoms with Crippen LogP contribution in [0.2, 0.25) is 0 Å². The van der Waals surface area contributed by atoms with Gasteiger partial charge in [0.15, 0.2) is 5.76 Å². The summed E-state index contributed by atoms with van der Waals surface area (Å²) in [6, 6.07) is 13.8. The lowest BCUT2D eigenvalue weighted by atomic mass is 10.1. The fourth-order valence-electron chi connectivity index (χ4n) is 2.54. The highest BCUT2D eigenvalue weighted by Crippen LogP contribution is 2.19. The van der Waals surface area contributed by atoms with Crippen molar-refractivity contribution < 1.29 is 23.1 Å². The van der Waals surface area contributed by atoms with Gasteiger partial charge in [-0.3, -0.25) is 9.59 Å². The van der Waals surface area contributed by atoms with Crippen LogP contribution in [0.5, 0.6) is 5.75 Å². The minimum atomic E-state index is -0.413. The summed E-state index contributed by atoms with van der Waals surface area (Å²) in [6.07, 6.45) is 0. The minimum absolute atomic E-state index is 0.110. The van der Waals surface area contributed by atoms with Crippen molar-refractivity contribution in [3.8, 4) is 5.75 Å². The largest absolute Gasteiger partial charge is 0.486 e. The van der Waals surface area contributed by atoms with Crippen molar-refractivity contribution in [3.63, 3.8) is 0 Å². The molecule has 1 heterocycles. The molecule has 0 aliphatic heterocycles. The highest BCUT2D eigenvalue weighted by Gasteiger charge is 2.14. The summed E-state index contributed by atoms with van der Waals surface area (Å²) in [5.74, 6) is 0.133. The second kappa shape index (κ2) is 8.39. The van der Waals surface area contributed by atoms with Gasteiger partial charge in [0.1, 0.15) is 23.9 Å². The van der Waals surface area contributed by atoms with E-state index in [9.17, 15) is 14.0 Å². The molecule has 1 aromatic heterocycles. The maximum absolute atomic E-state index is 12.9. The van der Waals surface area contributed by atoms with Crippen LogP contribution in [-0.2, 0) is 6.61 Å². The smallest absolute Gasteiger partial charge is 0.291 e. The van der Waals surface area contributed by atoms with E-state index in [0.717, 1.165) is 5.56 Å². The van der Waals surface area contributed by atoms with Gasteiger partial charge in [0.25, 0.3) is 11.8 Å².